The van der Waals surface area contributed by atoms with Crippen LogP contribution in [0.2, 0.25) is 0 Å². The van der Waals surface area contributed by atoms with Gasteiger partial charge in [-0.15, -0.1) is 17.8 Å². The van der Waals surface area contributed by atoms with Crippen LogP contribution in [-0.2, 0) is 0 Å². The van der Waals surface area contributed by atoms with Crippen molar-refractivity contribution in [2.24, 2.45) is 4.99 Å². The Morgan fingerprint density at radius 3 is 3.30 bits per heavy atom. The first-order chi connectivity index (χ1) is 4.93. The minimum Gasteiger partial charge on any atom is -0.279 e. The summed E-state index contributed by atoms with van der Waals surface area (Å²) in [6.07, 6.45) is 6.80. The molecule has 0 amide bonds. The summed E-state index contributed by atoms with van der Waals surface area (Å²) in [6.45, 7) is 0.470. The zero-order valence-corrected chi connectivity index (χ0v) is 6.27. The second-order valence-electron chi connectivity index (χ2n) is 1.69. The van der Waals surface area contributed by atoms with Crippen molar-refractivity contribution >= 4 is 17.6 Å². The molecule has 0 N–H and O–H groups in total. The van der Waals surface area contributed by atoms with Crippen LogP contribution in [-0.4, -0.2) is 12.8 Å². The van der Waals surface area contributed by atoms with Gasteiger partial charge in [0, 0.05) is 11.1 Å². The largest absolute Gasteiger partial charge is 0.279 e. The standard InChI is InChI=1S/C8H7NS/c1-2-5-9-7-8-4-3-6-10-8/h1,3-4,6-7H,5H2. The van der Waals surface area contributed by atoms with E-state index >= 15 is 0 Å². The van der Waals surface area contributed by atoms with Crippen molar-refractivity contribution in [2.45, 2.75) is 0 Å². The van der Waals surface area contributed by atoms with E-state index in [0.29, 0.717) is 6.54 Å². The number of terminal acetylenes is 1. The lowest BCUT2D eigenvalue weighted by molar-refractivity contribution is 1.31. The van der Waals surface area contributed by atoms with E-state index in [1.807, 2.05) is 17.5 Å². The lowest BCUT2D eigenvalue weighted by atomic mass is 10.5. The highest BCUT2D eigenvalue weighted by atomic mass is 32.1. The van der Waals surface area contributed by atoms with E-state index in [2.05, 4.69) is 10.9 Å². The van der Waals surface area contributed by atoms with E-state index in [1.165, 1.54) is 0 Å². The number of hydrogen-bond donors (Lipinski definition) is 0. The highest BCUT2D eigenvalue weighted by molar-refractivity contribution is 7.11. The molecule has 0 spiro atoms. The first-order valence-electron chi connectivity index (χ1n) is 2.90. The minimum atomic E-state index is 0.470. The SMILES string of the molecule is C#CCN=Cc1cccs1. The van der Waals surface area contributed by atoms with Crippen LogP contribution in [0.1, 0.15) is 4.88 Å². The van der Waals surface area contributed by atoms with Gasteiger partial charge < -0.3 is 0 Å². The Balaban J connectivity index is 2.49. The summed E-state index contributed by atoms with van der Waals surface area (Å²) in [6, 6.07) is 3.99. The van der Waals surface area contributed by atoms with E-state index in [1.54, 1.807) is 17.6 Å². The van der Waals surface area contributed by atoms with Gasteiger partial charge in [0.15, 0.2) is 0 Å². The molecule has 0 aromatic carbocycles. The number of nitrogens with zero attached hydrogens (tertiary/aromatic N) is 1. The van der Waals surface area contributed by atoms with Gasteiger partial charge in [0.1, 0.15) is 0 Å². The van der Waals surface area contributed by atoms with Crippen LogP contribution in [0, 0.1) is 12.3 Å². The summed E-state index contributed by atoms with van der Waals surface area (Å²) in [5, 5.41) is 2.01. The van der Waals surface area contributed by atoms with Gasteiger partial charge in [-0.25, -0.2) is 0 Å². The fraction of sp³-hybridized carbons (Fsp3) is 0.125. The third-order valence-electron chi connectivity index (χ3n) is 0.944. The second kappa shape index (κ2) is 3.86. The Hall–Kier alpha value is -1.07. The monoisotopic (exact) mass is 149 g/mol. The zero-order chi connectivity index (χ0) is 7.23. The van der Waals surface area contributed by atoms with Crippen molar-refractivity contribution in [1.29, 1.82) is 0 Å². The third kappa shape index (κ3) is 2.04. The van der Waals surface area contributed by atoms with Gasteiger partial charge in [-0.2, -0.15) is 0 Å². The molecule has 0 aliphatic carbocycles. The van der Waals surface area contributed by atoms with E-state index in [0.717, 1.165) is 4.88 Å². The van der Waals surface area contributed by atoms with E-state index < -0.39 is 0 Å². The molecule has 50 valence electrons. The van der Waals surface area contributed by atoms with Gasteiger partial charge in [0.25, 0.3) is 0 Å². The maximum absolute atomic E-state index is 5.01. The van der Waals surface area contributed by atoms with E-state index in [4.69, 9.17) is 6.42 Å². The normalized spacial score (nSPS) is 9.90. The summed E-state index contributed by atoms with van der Waals surface area (Å²) in [5.74, 6) is 2.44. The molecule has 2 heteroatoms. The van der Waals surface area contributed by atoms with Crippen LogP contribution in [0.25, 0.3) is 0 Å². The number of rotatable bonds is 2. The molecule has 10 heavy (non-hydrogen) atoms. The van der Waals surface area contributed by atoms with E-state index in [-0.39, 0.29) is 0 Å². The highest BCUT2D eigenvalue weighted by Gasteiger charge is 1.83. The molecule has 1 heterocycles. The Morgan fingerprint density at radius 1 is 1.80 bits per heavy atom. The average Bonchev–Trinajstić information content (AvgIpc) is 2.41. The molecule has 1 rings (SSSR count). The fourth-order valence-corrected chi connectivity index (χ4v) is 1.16. The fourth-order valence-electron chi connectivity index (χ4n) is 0.553. The Labute approximate surface area is 64.4 Å². The summed E-state index contributed by atoms with van der Waals surface area (Å²) >= 11 is 1.66. The number of thiophene rings is 1. The molecule has 0 saturated carbocycles. The molecule has 0 radical (unpaired) electrons. The van der Waals surface area contributed by atoms with Crippen LogP contribution in [0.3, 0.4) is 0 Å². The van der Waals surface area contributed by atoms with Crippen molar-refractivity contribution in [2.75, 3.05) is 6.54 Å². The van der Waals surface area contributed by atoms with Crippen molar-refractivity contribution < 1.29 is 0 Å². The van der Waals surface area contributed by atoms with Crippen molar-refractivity contribution in [1.82, 2.24) is 0 Å². The molecule has 0 saturated heterocycles. The van der Waals surface area contributed by atoms with Crippen molar-refractivity contribution in [3.63, 3.8) is 0 Å². The average molecular weight is 149 g/mol. The smallest absolute Gasteiger partial charge is 0.0995 e. The first-order valence-corrected chi connectivity index (χ1v) is 3.78. The predicted molar refractivity (Wildman–Crippen MR) is 45.6 cm³/mol. The van der Waals surface area contributed by atoms with Crippen LogP contribution in [0.15, 0.2) is 22.5 Å². The number of aliphatic imine (C=N–C) groups is 1. The Bertz CT molecular complexity index is 241. The molecule has 0 aliphatic rings. The lowest BCUT2D eigenvalue weighted by Crippen LogP contribution is -1.75. The molecule has 1 aromatic rings. The summed E-state index contributed by atoms with van der Waals surface area (Å²) in [5.41, 5.74) is 0. The third-order valence-corrected chi connectivity index (χ3v) is 1.75. The molecular weight excluding hydrogens is 142 g/mol. The van der Waals surface area contributed by atoms with Crippen LogP contribution >= 0.6 is 11.3 Å². The Morgan fingerprint density at radius 2 is 2.70 bits per heavy atom. The van der Waals surface area contributed by atoms with Gasteiger partial charge in [0.2, 0.25) is 0 Å². The van der Waals surface area contributed by atoms with Gasteiger partial charge >= 0.3 is 0 Å². The van der Waals surface area contributed by atoms with E-state index in [9.17, 15) is 0 Å². The topological polar surface area (TPSA) is 12.4 Å². The van der Waals surface area contributed by atoms with Gasteiger partial charge in [-0.3, -0.25) is 4.99 Å². The second-order valence-corrected chi connectivity index (χ2v) is 2.67. The summed E-state index contributed by atoms with van der Waals surface area (Å²) in [7, 11) is 0. The maximum atomic E-state index is 5.01. The number of hydrogen-bond acceptors (Lipinski definition) is 2. The molecule has 0 atom stereocenters. The highest BCUT2D eigenvalue weighted by Crippen LogP contribution is 2.04. The molecule has 1 aromatic heterocycles. The van der Waals surface area contributed by atoms with Crippen LogP contribution in [0.5, 0.6) is 0 Å². The maximum Gasteiger partial charge on any atom is 0.0995 e. The van der Waals surface area contributed by atoms with Gasteiger partial charge in [-0.1, -0.05) is 12.0 Å². The first kappa shape index (κ1) is 7.04. The quantitative estimate of drug-likeness (QED) is 0.449. The molecule has 0 fully saturated rings. The molecule has 1 nitrogen and oxygen atoms in total. The van der Waals surface area contributed by atoms with Gasteiger partial charge in [-0.05, 0) is 11.4 Å². The van der Waals surface area contributed by atoms with Crippen molar-refractivity contribution in [3.8, 4) is 12.3 Å². The van der Waals surface area contributed by atoms with Gasteiger partial charge in [0.05, 0.1) is 6.54 Å². The molecule has 0 bridgehead atoms. The molecule has 0 aliphatic heterocycles. The zero-order valence-electron chi connectivity index (χ0n) is 5.45. The Kier molecular flexibility index (Phi) is 2.72. The summed E-state index contributed by atoms with van der Waals surface area (Å²) < 4.78 is 0. The minimum absolute atomic E-state index is 0.470. The van der Waals surface area contributed by atoms with Crippen molar-refractivity contribution in [3.05, 3.63) is 22.4 Å². The molecule has 0 unspecified atom stereocenters. The predicted octanol–water partition coefficient (Wildman–Crippen LogP) is 1.80. The lowest BCUT2D eigenvalue weighted by Gasteiger charge is -1.79. The summed E-state index contributed by atoms with van der Waals surface area (Å²) in [4.78, 5) is 5.13. The van der Waals surface area contributed by atoms with Crippen LogP contribution in [0.4, 0.5) is 0 Å². The molecular formula is C8H7NS. The van der Waals surface area contributed by atoms with Crippen LogP contribution < -0.4 is 0 Å².